The van der Waals surface area contributed by atoms with E-state index in [1.165, 1.54) is 65.3 Å². The Bertz CT molecular complexity index is 1280. The fourth-order valence-electron chi connectivity index (χ4n) is 7.41. The molecule has 0 fully saturated rings. The zero-order valence-corrected chi connectivity index (χ0v) is 30.5. The number of hydrogen-bond donors (Lipinski definition) is 0. The van der Waals surface area contributed by atoms with Gasteiger partial charge in [0.05, 0.1) is 0 Å². The van der Waals surface area contributed by atoms with Crippen molar-refractivity contribution >= 4 is 38.8 Å². The van der Waals surface area contributed by atoms with Crippen molar-refractivity contribution in [1.29, 1.82) is 0 Å². The molecule has 0 saturated heterocycles. The molecule has 0 N–H and O–H groups in total. The van der Waals surface area contributed by atoms with Gasteiger partial charge in [-0.3, -0.25) is 0 Å². The molecule has 3 heteroatoms. The van der Waals surface area contributed by atoms with E-state index in [2.05, 4.69) is 128 Å². The van der Waals surface area contributed by atoms with Crippen LogP contribution in [-0.2, 0) is 55.5 Å². The van der Waals surface area contributed by atoms with Gasteiger partial charge in [-0.2, -0.15) is 0 Å². The van der Waals surface area contributed by atoms with Crippen LogP contribution in [0, 0.1) is 0 Å². The Kier molecular flexibility index (Phi) is 12.2. The van der Waals surface area contributed by atoms with Crippen molar-refractivity contribution in [2.75, 3.05) is 0 Å². The summed E-state index contributed by atoms with van der Waals surface area (Å²) < 4.78 is 8.04. The van der Waals surface area contributed by atoms with Crippen LogP contribution in [0.2, 0.25) is 0 Å². The molecule has 0 heterocycles. The van der Waals surface area contributed by atoms with Crippen LogP contribution in [0.4, 0.5) is 0 Å². The zero-order valence-electron chi connectivity index (χ0n) is 28.1. The quantitative estimate of drug-likeness (QED) is 0.147. The summed E-state index contributed by atoms with van der Waals surface area (Å²) in [6, 6.07) is 28.2. The lowest BCUT2D eigenvalue weighted by atomic mass is 10.0. The smallest absolute Gasteiger partial charge is 0.229 e. The molecular formula is C40H54OSi2. The second-order valence-corrected chi connectivity index (χ2v) is 16.8. The van der Waals surface area contributed by atoms with Gasteiger partial charge in [0.25, 0.3) is 0 Å². The Balaban J connectivity index is 2.08. The van der Waals surface area contributed by atoms with E-state index in [9.17, 15) is 0 Å². The van der Waals surface area contributed by atoms with Gasteiger partial charge in [0.15, 0.2) is 0 Å². The van der Waals surface area contributed by atoms with Gasteiger partial charge in [-0.05, 0) is 117 Å². The Morgan fingerprint density at radius 3 is 0.767 bits per heavy atom. The predicted molar refractivity (Wildman–Crippen MR) is 195 cm³/mol. The van der Waals surface area contributed by atoms with E-state index in [1.54, 1.807) is 0 Å². The van der Waals surface area contributed by atoms with E-state index in [0.29, 0.717) is 0 Å². The average molecular weight is 607 g/mol. The topological polar surface area (TPSA) is 9.23 Å². The van der Waals surface area contributed by atoms with Crippen LogP contribution < -0.4 is 20.7 Å². The molecule has 4 aromatic carbocycles. The standard InChI is InChI=1S/C40H54OSi2/c1-9-29-21-17-25-37(33(29)13-5)42(38-26-18-22-30(10-2)34(38)14-6)41-43(39-27-19-23-31(11-3)35(39)15-7)40-28-20-24-32(12-4)36(40)16-8/h17-28,42-43H,9-16H2,1-8H3. The Labute approximate surface area is 266 Å². The first kappa shape index (κ1) is 33.2. The molecule has 0 aliphatic carbocycles. The van der Waals surface area contributed by atoms with E-state index >= 15 is 0 Å². The first-order chi connectivity index (χ1) is 21.0. The number of benzene rings is 4. The van der Waals surface area contributed by atoms with Crippen molar-refractivity contribution in [2.45, 2.75) is 107 Å². The van der Waals surface area contributed by atoms with Crippen molar-refractivity contribution in [3.63, 3.8) is 0 Å². The summed E-state index contributed by atoms with van der Waals surface area (Å²) in [5.41, 5.74) is 12.0. The number of aryl methyl sites for hydroxylation is 4. The molecule has 0 aliphatic heterocycles. The summed E-state index contributed by atoms with van der Waals surface area (Å²) in [6.45, 7) is 18.5. The van der Waals surface area contributed by atoms with E-state index in [0.717, 1.165) is 51.4 Å². The van der Waals surface area contributed by atoms with Crippen LogP contribution in [-0.4, -0.2) is 18.1 Å². The molecule has 1 nitrogen and oxygen atoms in total. The average Bonchev–Trinajstić information content (AvgIpc) is 3.07. The molecule has 0 amide bonds. The highest BCUT2D eigenvalue weighted by Gasteiger charge is 2.32. The first-order valence-corrected chi connectivity index (χ1v) is 20.3. The lowest BCUT2D eigenvalue weighted by molar-refractivity contribution is 0.631. The fraction of sp³-hybridized carbons (Fsp3) is 0.400. The third-order valence-electron chi connectivity index (χ3n) is 9.58. The Morgan fingerprint density at radius 2 is 0.581 bits per heavy atom. The van der Waals surface area contributed by atoms with Crippen LogP contribution in [0.15, 0.2) is 72.8 Å². The van der Waals surface area contributed by atoms with Gasteiger partial charge in [-0.15, -0.1) is 0 Å². The highest BCUT2D eigenvalue weighted by Crippen LogP contribution is 2.18. The molecule has 0 spiro atoms. The molecule has 4 rings (SSSR count). The summed E-state index contributed by atoms with van der Waals surface area (Å²) in [5, 5.41) is 5.99. The zero-order chi connectivity index (χ0) is 30.9. The molecule has 0 unspecified atom stereocenters. The molecule has 0 bridgehead atoms. The molecule has 0 aliphatic rings. The minimum Gasteiger partial charge on any atom is -0.446 e. The van der Waals surface area contributed by atoms with Crippen molar-refractivity contribution in [3.8, 4) is 0 Å². The van der Waals surface area contributed by atoms with Crippen molar-refractivity contribution in [3.05, 3.63) is 117 Å². The fourth-order valence-corrected chi connectivity index (χ4v) is 15.5. The Hall–Kier alpha value is -2.73. The van der Waals surface area contributed by atoms with E-state index in [1.807, 2.05) is 0 Å². The maximum absolute atomic E-state index is 8.04. The van der Waals surface area contributed by atoms with Gasteiger partial charge in [-0.1, -0.05) is 128 Å². The SMILES string of the molecule is CCc1cccc([SiH](O[SiH](c2cccc(CC)c2CC)c2cccc(CC)c2CC)c2cccc(CC)c2CC)c1CC. The minimum atomic E-state index is -2.10. The highest BCUT2D eigenvalue weighted by molar-refractivity contribution is 6.92. The first-order valence-electron chi connectivity index (χ1n) is 17.1. The van der Waals surface area contributed by atoms with Crippen LogP contribution >= 0.6 is 0 Å². The lowest BCUT2D eigenvalue weighted by Crippen LogP contribution is -2.58. The van der Waals surface area contributed by atoms with Gasteiger partial charge in [0.2, 0.25) is 18.1 Å². The van der Waals surface area contributed by atoms with Gasteiger partial charge in [0.1, 0.15) is 0 Å². The molecule has 43 heavy (non-hydrogen) atoms. The van der Waals surface area contributed by atoms with E-state index in [-0.39, 0.29) is 0 Å². The Morgan fingerprint density at radius 1 is 0.349 bits per heavy atom. The second kappa shape index (κ2) is 15.8. The third-order valence-corrected chi connectivity index (χ3v) is 16.2. The summed E-state index contributed by atoms with van der Waals surface area (Å²) in [7, 11) is -4.19. The second-order valence-electron chi connectivity index (χ2n) is 11.7. The molecule has 228 valence electrons. The maximum Gasteiger partial charge on any atom is 0.229 e. The van der Waals surface area contributed by atoms with E-state index in [4.69, 9.17) is 4.12 Å². The van der Waals surface area contributed by atoms with Crippen molar-refractivity contribution in [2.24, 2.45) is 0 Å². The normalized spacial score (nSPS) is 11.6. The molecule has 0 aromatic heterocycles. The van der Waals surface area contributed by atoms with Crippen LogP contribution in [0.3, 0.4) is 0 Å². The highest BCUT2D eigenvalue weighted by atomic mass is 28.4. The lowest BCUT2D eigenvalue weighted by Gasteiger charge is -2.31. The van der Waals surface area contributed by atoms with Crippen LogP contribution in [0.1, 0.15) is 99.9 Å². The van der Waals surface area contributed by atoms with E-state index < -0.39 is 18.1 Å². The van der Waals surface area contributed by atoms with Gasteiger partial charge in [-0.25, -0.2) is 0 Å². The predicted octanol–water partition coefficient (Wildman–Crippen LogP) is 6.58. The molecule has 0 radical (unpaired) electrons. The van der Waals surface area contributed by atoms with Crippen LogP contribution in [0.5, 0.6) is 0 Å². The van der Waals surface area contributed by atoms with Gasteiger partial charge < -0.3 is 4.12 Å². The summed E-state index contributed by atoms with van der Waals surface area (Å²) in [5.74, 6) is 0. The summed E-state index contributed by atoms with van der Waals surface area (Å²) >= 11 is 0. The van der Waals surface area contributed by atoms with Crippen LogP contribution in [0.25, 0.3) is 0 Å². The summed E-state index contributed by atoms with van der Waals surface area (Å²) in [6.07, 6.45) is 8.43. The molecule has 0 saturated carbocycles. The van der Waals surface area contributed by atoms with Gasteiger partial charge >= 0.3 is 0 Å². The third kappa shape index (κ3) is 6.85. The largest absolute Gasteiger partial charge is 0.446 e. The molecule has 0 atom stereocenters. The molecule has 4 aromatic rings. The van der Waals surface area contributed by atoms with Gasteiger partial charge in [0, 0.05) is 0 Å². The number of rotatable bonds is 14. The van der Waals surface area contributed by atoms with Crippen molar-refractivity contribution < 1.29 is 4.12 Å². The molecular weight excluding hydrogens is 553 g/mol. The summed E-state index contributed by atoms with van der Waals surface area (Å²) in [4.78, 5) is 0. The number of hydrogen-bond acceptors (Lipinski definition) is 1. The van der Waals surface area contributed by atoms with Crippen molar-refractivity contribution in [1.82, 2.24) is 0 Å². The minimum absolute atomic E-state index is 1.05. The monoisotopic (exact) mass is 606 g/mol. The maximum atomic E-state index is 8.04.